The Kier molecular flexibility index (Phi) is 4.52. The number of thiazole rings is 1. The zero-order chi connectivity index (χ0) is 14.7. The third-order valence-electron chi connectivity index (χ3n) is 3.00. The molecule has 5 heteroatoms. The number of aromatic carboxylic acids is 1. The topological polar surface area (TPSA) is 59.4 Å². The third-order valence-corrected chi connectivity index (χ3v) is 4.13. The fraction of sp³-hybridized carbons (Fsp3) is 0.333. The maximum absolute atomic E-state index is 11.2. The Hall–Kier alpha value is -1.72. The number of hydrogen-bond donors (Lipinski definition) is 1. The van der Waals surface area contributed by atoms with Gasteiger partial charge in [-0.25, -0.2) is 9.78 Å². The van der Waals surface area contributed by atoms with Gasteiger partial charge in [-0.1, -0.05) is 38.1 Å². The number of methoxy groups -OCH3 is 1. The van der Waals surface area contributed by atoms with E-state index in [0.29, 0.717) is 16.6 Å². The second kappa shape index (κ2) is 6.15. The minimum atomic E-state index is -0.959. The van der Waals surface area contributed by atoms with Gasteiger partial charge in [0.2, 0.25) is 0 Å². The molecule has 2 aromatic rings. The SMILES string of the molecule is COCc1nc(-c2ccc(C(C)C)cc2)sc1C(=O)O. The quantitative estimate of drug-likeness (QED) is 0.910. The summed E-state index contributed by atoms with van der Waals surface area (Å²) < 4.78 is 5.00. The number of ether oxygens (including phenoxy) is 1. The average Bonchev–Trinajstić information content (AvgIpc) is 2.83. The van der Waals surface area contributed by atoms with E-state index < -0.39 is 5.97 Å². The van der Waals surface area contributed by atoms with Crippen LogP contribution in [0.4, 0.5) is 0 Å². The molecule has 1 N–H and O–H groups in total. The monoisotopic (exact) mass is 291 g/mol. The predicted molar refractivity (Wildman–Crippen MR) is 79.3 cm³/mol. The van der Waals surface area contributed by atoms with Gasteiger partial charge in [0.15, 0.2) is 0 Å². The first-order valence-corrected chi connectivity index (χ1v) is 7.16. The molecule has 0 radical (unpaired) electrons. The summed E-state index contributed by atoms with van der Waals surface area (Å²) >= 11 is 1.18. The van der Waals surface area contributed by atoms with E-state index in [-0.39, 0.29) is 11.5 Å². The van der Waals surface area contributed by atoms with Crippen LogP contribution >= 0.6 is 11.3 Å². The van der Waals surface area contributed by atoms with Crippen LogP contribution in [0.1, 0.15) is 40.7 Å². The van der Waals surface area contributed by atoms with Gasteiger partial charge >= 0.3 is 5.97 Å². The van der Waals surface area contributed by atoms with Crippen molar-refractivity contribution >= 4 is 17.3 Å². The molecule has 1 heterocycles. The summed E-state index contributed by atoms with van der Waals surface area (Å²) in [5.41, 5.74) is 2.66. The lowest BCUT2D eigenvalue weighted by molar-refractivity contribution is 0.0697. The number of hydrogen-bond acceptors (Lipinski definition) is 4. The van der Waals surface area contributed by atoms with Gasteiger partial charge in [-0.2, -0.15) is 0 Å². The molecule has 1 aromatic heterocycles. The van der Waals surface area contributed by atoms with Crippen molar-refractivity contribution in [1.82, 2.24) is 4.98 Å². The Morgan fingerprint density at radius 1 is 1.35 bits per heavy atom. The lowest BCUT2D eigenvalue weighted by Gasteiger charge is -2.05. The largest absolute Gasteiger partial charge is 0.477 e. The van der Waals surface area contributed by atoms with Crippen molar-refractivity contribution in [1.29, 1.82) is 0 Å². The summed E-state index contributed by atoms with van der Waals surface area (Å²) in [5.74, 6) is -0.487. The number of aromatic nitrogens is 1. The number of nitrogens with zero attached hydrogens (tertiary/aromatic N) is 1. The molecule has 0 bridgehead atoms. The summed E-state index contributed by atoms with van der Waals surface area (Å²) in [5, 5.41) is 9.90. The molecule has 0 atom stereocenters. The van der Waals surface area contributed by atoms with E-state index in [0.717, 1.165) is 5.56 Å². The molecule has 106 valence electrons. The van der Waals surface area contributed by atoms with Crippen molar-refractivity contribution < 1.29 is 14.6 Å². The van der Waals surface area contributed by atoms with Gasteiger partial charge in [-0.15, -0.1) is 11.3 Å². The normalized spacial score (nSPS) is 11.0. The molecule has 0 aliphatic heterocycles. The fourth-order valence-corrected chi connectivity index (χ4v) is 2.80. The zero-order valence-electron chi connectivity index (χ0n) is 11.7. The Morgan fingerprint density at radius 3 is 2.50 bits per heavy atom. The lowest BCUT2D eigenvalue weighted by Crippen LogP contribution is -1.99. The Bertz CT molecular complexity index is 602. The summed E-state index contributed by atoms with van der Waals surface area (Å²) in [6.45, 7) is 4.48. The van der Waals surface area contributed by atoms with Crippen LogP contribution in [0, 0.1) is 0 Å². The number of rotatable bonds is 5. The average molecular weight is 291 g/mol. The molecule has 0 saturated carbocycles. The molecule has 2 rings (SSSR count). The summed E-state index contributed by atoms with van der Waals surface area (Å²) in [6, 6.07) is 8.07. The summed E-state index contributed by atoms with van der Waals surface area (Å²) in [7, 11) is 1.53. The van der Waals surface area contributed by atoms with Gasteiger partial charge in [0, 0.05) is 12.7 Å². The highest BCUT2D eigenvalue weighted by Crippen LogP contribution is 2.29. The molecule has 0 unspecified atom stereocenters. The Labute approximate surface area is 122 Å². The molecule has 1 aromatic carbocycles. The first-order valence-electron chi connectivity index (χ1n) is 6.35. The molecule has 20 heavy (non-hydrogen) atoms. The van der Waals surface area contributed by atoms with E-state index in [2.05, 4.69) is 31.0 Å². The van der Waals surface area contributed by atoms with Crippen LogP contribution in [-0.4, -0.2) is 23.2 Å². The highest BCUT2D eigenvalue weighted by atomic mass is 32.1. The Balaban J connectivity index is 2.37. The number of carboxylic acids is 1. The van der Waals surface area contributed by atoms with Crippen molar-refractivity contribution in [2.24, 2.45) is 0 Å². The van der Waals surface area contributed by atoms with E-state index in [1.54, 1.807) is 0 Å². The van der Waals surface area contributed by atoms with E-state index >= 15 is 0 Å². The highest BCUT2D eigenvalue weighted by molar-refractivity contribution is 7.17. The van der Waals surface area contributed by atoms with Crippen LogP contribution in [0.15, 0.2) is 24.3 Å². The van der Waals surface area contributed by atoms with E-state index in [4.69, 9.17) is 4.74 Å². The summed E-state index contributed by atoms with van der Waals surface area (Å²) in [4.78, 5) is 15.8. The molecular formula is C15H17NO3S. The van der Waals surface area contributed by atoms with Crippen LogP contribution in [0.25, 0.3) is 10.6 Å². The van der Waals surface area contributed by atoms with Crippen LogP contribution in [0.5, 0.6) is 0 Å². The van der Waals surface area contributed by atoms with Gasteiger partial charge in [-0.05, 0) is 11.5 Å². The van der Waals surface area contributed by atoms with E-state index in [1.165, 1.54) is 24.0 Å². The molecular weight excluding hydrogens is 274 g/mol. The maximum Gasteiger partial charge on any atom is 0.347 e. The van der Waals surface area contributed by atoms with Gasteiger partial charge < -0.3 is 9.84 Å². The van der Waals surface area contributed by atoms with Crippen molar-refractivity contribution in [2.45, 2.75) is 26.4 Å². The van der Waals surface area contributed by atoms with Crippen LogP contribution in [-0.2, 0) is 11.3 Å². The maximum atomic E-state index is 11.2. The minimum Gasteiger partial charge on any atom is -0.477 e. The zero-order valence-corrected chi connectivity index (χ0v) is 12.5. The molecule has 0 fully saturated rings. The molecule has 0 amide bonds. The highest BCUT2D eigenvalue weighted by Gasteiger charge is 2.18. The van der Waals surface area contributed by atoms with Crippen molar-refractivity contribution in [2.75, 3.05) is 7.11 Å². The van der Waals surface area contributed by atoms with Gasteiger partial charge in [0.1, 0.15) is 9.88 Å². The first kappa shape index (κ1) is 14.7. The van der Waals surface area contributed by atoms with E-state index in [9.17, 15) is 9.90 Å². The van der Waals surface area contributed by atoms with Gasteiger partial charge in [0.05, 0.1) is 12.3 Å². The molecule has 0 aliphatic rings. The summed E-state index contributed by atoms with van der Waals surface area (Å²) in [6.07, 6.45) is 0. The molecule has 0 spiro atoms. The van der Waals surface area contributed by atoms with Crippen LogP contribution in [0.2, 0.25) is 0 Å². The molecule has 0 saturated heterocycles. The first-order chi connectivity index (χ1) is 9.52. The Morgan fingerprint density at radius 2 is 2.00 bits per heavy atom. The van der Waals surface area contributed by atoms with Crippen LogP contribution in [0.3, 0.4) is 0 Å². The third kappa shape index (κ3) is 3.05. The standard InChI is InChI=1S/C15H17NO3S/c1-9(2)10-4-6-11(7-5-10)14-16-12(8-19-3)13(20-14)15(17)18/h4-7,9H,8H2,1-3H3,(H,17,18). The number of carbonyl (C=O) groups is 1. The predicted octanol–water partition coefficient (Wildman–Crippen LogP) is 3.78. The van der Waals surface area contributed by atoms with Crippen molar-refractivity contribution in [3.63, 3.8) is 0 Å². The molecule has 0 aliphatic carbocycles. The van der Waals surface area contributed by atoms with Crippen LogP contribution < -0.4 is 0 Å². The number of carboxylic acid groups (broad SMARTS) is 1. The number of benzene rings is 1. The fourth-order valence-electron chi connectivity index (χ4n) is 1.89. The minimum absolute atomic E-state index is 0.211. The second-order valence-corrected chi connectivity index (χ2v) is 5.81. The van der Waals surface area contributed by atoms with Gasteiger partial charge in [-0.3, -0.25) is 0 Å². The second-order valence-electron chi connectivity index (χ2n) is 4.81. The smallest absolute Gasteiger partial charge is 0.347 e. The van der Waals surface area contributed by atoms with Crippen molar-refractivity contribution in [3.05, 3.63) is 40.4 Å². The van der Waals surface area contributed by atoms with Crippen molar-refractivity contribution in [3.8, 4) is 10.6 Å². The van der Waals surface area contributed by atoms with Gasteiger partial charge in [0.25, 0.3) is 0 Å². The van der Waals surface area contributed by atoms with E-state index in [1.807, 2.05) is 12.1 Å². The molecule has 4 nitrogen and oxygen atoms in total. The lowest BCUT2D eigenvalue weighted by atomic mass is 10.0.